The zero-order valence-electron chi connectivity index (χ0n) is 17.8. The van der Waals surface area contributed by atoms with E-state index in [0.29, 0.717) is 19.3 Å². The van der Waals surface area contributed by atoms with Gasteiger partial charge in [-0.15, -0.1) is 0 Å². The Kier molecular flexibility index (Phi) is 7.49. The Bertz CT molecular complexity index is 782. The van der Waals surface area contributed by atoms with Gasteiger partial charge >= 0.3 is 6.09 Å². The molecule has 0 atom stereocenters. The molecule has 1 aliphatic rings. The molecule has 0 N–H and O–H groups in total. The summed E-state index contributed by atoms with van der Waals surface area (Å²) in [5.41, 5.74) is 2.63. The number of amides is 1. The summed E-state index contributed by atoms with van der Waals surface area (Å²) in [4.78, 5) is 18.3. The van der Waals surface area contributed by atoms with Gasteiger partial charge in [-0.3, -0.25) is 9.67 Å². The zero-order chi connectivity index (χ0) is 20.6. The van der Waals surface area contributed by atoms with Crippen molar-refractivity contribution >= 4 is 6.09 Å². The number of aryl methyl sites for hydroxylation is 1. The number of nitrogens with zero attached hydrogens (tertiary/aromatic N) is 4. The molecule has 2 heterocycles. The first-order valence-electron chi connectivity index (χ1n) is 10.6. The summed E-state index contributed by atoms with van der Waals surface area (Å²) < 4.78 is 13.1. The summed E-state index contributed by atoms with van der Waals surface area (Å²) in [5, 5.41) is 4.36. The fourth-order valence-electron chi connectivity index (χ4n) is 3.55. The lowest BCUT2D eigenvalue weighted by Crippen LogP contribution is -2.28. The van der Waals surface area contributed by atoms with Crippen LogP contribution in [0.4, 0.5) is 4.79 Å². The normalized spacial score (nSPS) is 14.6. The van der Waals surface area contributed by atoms with Gasteiger partial charge in [0, 0.05) is 19.7 Å². The van der Waals surface area contributed by atoms with E-state index >= 15 is 0 Å². The third-order valence-electron chi connectivity index (χ3n) is 5.35. The summed E-state index contributed by atoms with van der Waals surface area (Å²) in [6.07, 6.45) is 11.4. The van der Waals surface area contributed by atoms with Gasteiger partial charge < -0.3 is 14.4 Å². The quantitative estimate of drug-likeness (QED) is 0.608. The van der Waals surface area contributed by atoms with E-state index in [1.807, 2.05) is 19.2 Å². The average Bonchev–Trinajstić information content (AvgIpc) is 3.09. The lowest BCUT2D eigenvalue weighted by atomic mass is 9.98. The molecule has 7 nitrogen and oxygen atoms in total. The van der Waals surface area contributed by atoms with E-state index in [-0.39, 0.29) is 6.09 Å². The Morgan fingerprint density at radius 3 is 2.72 bits per heavy atom. The molecule has 0 radical (unpaired) electrons. The van der Waals surface area contributed by atoms with E-state index in [2.05, 4.69) is 17.0 Å². The van der Waals surface area contributed by atoms with Crippen LogP contribution in [0, 0.1) is 0 Å². The Balaban J connectivity index is 1.66. The standard InChI is InChI=1S/C22H32N4O3/c1-4-5-13-28-22(27)25(2)16-21-19(15-24-26(21)3)20-12-11-18(14-23-20)29-17-9-7-6-8-10-17/h11-12,14-15,17H,4-10,13,16H2,1-3H3. The fourth-order valence-corrected chi connectivity index (χ4v) is 3.55. The van der Waals surface area contributed by atoms with Crippen LogP contribution in [0.1, 0.15) is 57.6 Å². The van der Waals surface area contributed by atoms with E-state index in [4.69, 9.17) is 9.47 Å². The van der Waals surface area contributed by atoms with Crippen LogP contribution in [0.5, 0.6) is 5.75 Å². The van der Waals surface area contributed by atoms with Gasteiger partial charge in [-0.25, -0.2) is 4.79 Å². The van der Waals surface area contributed by atoms with Crippen LogP contribution in [-0.4, -0.2) is 45.5 Å². The van der Waals surface area contributed by atoms with Gasteiger partial charge in [0.2, 0.25) is 0 Å². The highest BCUT2D eigenvalue weighted by molar-refractivity contribution is 5.68. The highest BCUT2D eigenvalue weighted by Gasteiger charge is 2.19. The van der Waals surface area contributed by atoms with Crippen LogP contribution in [-0.2, 0) is 18.3 Å². The van der Waals surface area contributed by atoms with Crippen molar-refractivity contribution in [3.8, 4) is 17.0 Å². The van der Waals surface area contributed by atoms with Gasteiger partial charge in [-0.2, -0.15) is 5.10 Å². The molecule has 0 spiro atoms. The summed E-state index contributed by atoms with van der Waals surface area (Å²) in [7, 11) is 3.61. The van der Waals surface area contributed by atoms with Crippen molar-refractivity contribution in [2.24, 2.45) is 7.05 Å². The van der Waals surface area contributed by atoms with Gasteiger partial charge in [0.25, 0.3) is 0 Å². The molecule has 3 rings (SSSR count). The second-order valence-corrected chi connectivity index (χ2v) is 7.71. The van der Waals surface area contributed by atoms with Gasteiger partial charge in [-0.1, -0.05) is 19.8 Å². The Labute approximate surface area is 173 Å². The molecule has 2 aromatic rings. The van der Waals surface area contributed by atoms with Crippen molar-refractivity contribution in [3.63, 3.8) is 0 Å². The predicted molar refractivity (Wildman–Crippen MR) is 112 cm³/mol. The van der Waals surface area contributed by atoms with Crippen LogP contribution >= 0.6 is 0 Å². The summed E-state index contributed by atoms with van der Waals surface area (Å²) >= 11 is 0. The van der Waals surface area contributed by atoms with Gasteiger partial charge in [0.1, 0.15) is 5.75 Å². The van der Waals surface area contributed by atoms with Crippen LogP contribution in [0.15, 0.2) is 24.5 Å². The summed E-state index contributed by atoms with van der Waals surface area (Å²) in [6, 6.07) is 3.93. The third-order valence-corrected chi connectivity index (χ3v) is 5.35. The maximum absolute atomic E-state index is 12.2. The Morgan fingerprint density at radius 2 is 2.03 bits per heavy atom. The molecule has 158 valence electrons. The molecule has 0 aromatic carbocycles. The molecular formula is C22H32N4O3. The lowest BCUT2D eigenvalue weighted by molar-refractivity contribution is 0.107. The third kappa shape index (κ3) is 5.71. The molecule has 0 aliphatic heterocycles. The molecule has 1 amide bonds. The minimum absolute atomic E-state index is 0.303. The number of pyridine rings is 1. The summed E-state index contributed by atoms with van der Waals surface area (Å²) in [6.45, 7) is 2.92. The highest BCUT2D eigenvalue weighted by Crippen LogP contribution is 2.26. The number of aromatic nitrogens is 3. The number of hydrogen-bond acceptors (Lipinski definition) is 5. The molecule has 2 aromatic heterocycles. The maximum Gasteiger partial charge on any atom is 0.409 e. The molecule has 1 saturated carbocycles. The van der Waals surface area contributed by atoms with E-state index in [0.717, 1.165) is 48.4 Å². The number of carbonyl (C=O) groups is 1. The Morgan fingerprint density at radius 1 is 1.24 bits per heavy atom. The molecule has 0 bridgehead atoms. The number of ether oxygens (including phenoxy) is 2. The molecule has 7 heteroatoms. The Hall–Kier alpha value is -2.57. The molecular weight excluding hydrogens is 368 g/mol. The van der Waals surface area contributed by atoms with Crippen LogP contribution in [0.3, 0.4) is 0 Å². The molecule has 29 heavy (non-hydrogen) atoms. The minimum atomic E-state index is -0.324. The number of rotatable bonds is 8. The van der Waals surface area contributed by atoms with Gasteiger partial charge in [-0.05, 0) is 44.2 Å². The first-order valence-corrected chi connectivity index (χ1v) is 10.6. The smallest absolute Gasteiger partial charge is 0.409 e. The van der Waals surface area contributed by atoms with Gasteiger partial charge in [0.05, 0.1) is 43.0 Å². The van der Waals surface area contributed by atoms with Gasteiger partial charge in [0.15, 0.2) is 0 Å². The van der Waals surface area contributed by atoms with E-state index in [1.165, 1.54) is 19.3 Å². The molecule has 1 fully saturated rings. The second kappa shape index (κ2) is 10.3. The van der Waals surface area contributed by atoms with E-state index < -0.39 is 0 Å². The van der Waals surface area contributed by atoms with Crippen molar-refractivity contribution in [2.75, 3.05) is 13.7 Å². The first kappa shape index (κ1) is 21.1. The minimum Gasteiger partial charge on any atom is -0.489 e. The average molecular weight is 401 g/mol. The van der Waals surface area contributed by atoms with Crippen molar-refractivity contribution < 1.29 is 14.3 Å². The first-order chi connectivity index (χ1) is 14.1. The van der Waals surface area contributed by atoms with Crippen LogP contribution < -0.4 is 4.74 Å². The zero-order valence-corrected chi connectivity index (χ0v) is 17.8. The van der Waals surface area contributed by atoms with E-state index in [9.17, 15) is 4.79 Å². The second-order valence-electron chi connectivity index (χ2n) is 7.71. The lowest BCUT2D eigenvalue weighted by Gasteiger charge is -2.22. The number of unbranched alkanes of at least 4 members (excludes halogenated alkanes) is 1. The van der Waals surface area contributed by atoms with Crippen LogP contribution in [0.2, 0.25) is 0 Å². The van der Waals surface area contributed by atoms with Crippen molar-refractivity contribution in [1.82, 2.24) is 19.7 Å². The largest absolute Gasteiger partial charge is 0.489 e. The topological polar surface area (TPSA) is 69.5 Å². The van der Waals surface area contributed by atoms with Crippen molar-refractivity contribution in [2.45, 2.75) is 64.5 Å². The van der Waals surface area contributed by atoms with Crippen molar-refractivity contribution in [1.29, 1.82) is 0 Å². The monoisotopic (exact) mass is 400 g/mol. The highest BCUT2D eigenvalue weighted by atomic mass is 16.6. The van der Waals surface area contributed by atoms with Crippen LogP contribution in [0.25, 0.3) is 11.3 Å². The van der Waals surface area contributed by atoms with E-state index in [1.54, 1.807) is 29.0 Å². The molecule has 0 saturated heterocycles. The molecule has 1 aliphatic carbocycles. The SMILES string of the molecule is CCCCOC(=O)N(C)Cc1c(-c2ccc(OC3CCCCC3)cn2)cnn1C. The maximum atomic E-state index is 12.2. The fraction of sp³-hybridized carbons (Fsp3) is 0.591. The molecule has 0 unspecified atom stereocenters. The number of carbonyl (C=O) groups excluding carboxylic acids is 1. The van der Waals surface area contributed by atoms with Crippen molar-refractivity contribution in [3.05, 3.63) is 30.2 Å². The predicted octanol–water partition coefficient (Wildman–Crippen LogP) is 4.56. The summed E-state index contributed by atoms with van der Waals surface area (Å²) in [5.74, 6) is 0.808. The number of hydrogen-bond donors (Lipinski definition) is 0.